The third-order valence-corrected chi connectivity index (χ3v) is 4.84. The largest absolute Gasteiger partial charge is 0.370 e. The van der Waals surface area contributed by atoms with Crippen LogP contribution in [0.1, 0.15) is 45.4 Å². The second kappa shape index (κ2) is 5.97. The maximum Gasteiger partial charge on any atom is 0.191 e. The van der Waals surface area contributed by atoms with Gasteiger partial charge in [-0.3, -0.25) is 0 Å². The van der Waals surface area contributed by atoms with E-state index in [-0.39, 0.29) is 24.0 Å². The fourth-order valence-corrected chi connectivity index (χ4v) is 3.37. The molecular weight excluding hydrogens is 337 g/mol. The van der Waals surface area contributed by atoms with Gasteiger partial charge >= 0.3 is 0 Å². The second-order valence-electron chi connectivity index (χ2n) is 6.34. The van der Waals surface area contributed by atoms with Crippen LogP contribution in [0.15, 0.2) is 4.99 Å². The van der Waals surface area contributed by atoms with Crippen LogP contribution in [0.4, 0.5) is 0 Å². The Morgan fingerprint density at radius 3 is 2.61 bits per heavy atom. The SMILES string of the molecule is CC1CCCN(C(N)=N[C@@H]2C[C@H]2C2CCC2)C1.I. The van der Waals surface area contributed by atoms with Gasteiger partial charge in [0.25, 0.3) is 0 Å². The Balaban J connectivity index is 0.00000120. The molecule has 3 aliphatic rings. The van der Waals surface area contributed by atoms with Crippen molar-refractivity contribution in [2.45, 2.75) is 51.5 Å². The monoisotopic (exact) mass is 363 g/mol. The number of rotatable bonds is 2. The van der Waals surface area contributed by atoms with Gasteiger partial charge in [0.15, 0.2) is 5.96 Å². The third kappa shape index (κ3) is 3.11. The van der Waals surface area contributed by atoms with Crippen LogP contribution in [0, 0.1) is 17.8 Å². The van der Waals surface area contributed by atoms with E-state index in [1.165, 1.54) is 38.5 Å². The molecule has 1 saturated heterocycles. The number of aliphatic imine (C=N–C) groups is 1. The number of hydrogen-bond acceptors (Lipinski definition) is 1. The van der Waals surface area contributed by atoms with Crippen LogP contribution in [-0.2, 0) is 0 Å². The van der Waals surface area contributed by atoms with E-state index in [4.69, 9.17) is 10.7 Å². The highest BCUT2D eigenvalue weighted by Gasteiger charge is 2.45. The molecule has 18 heavy (non-hydrogen) atoms. The Morgan fingerprint density at radius 2 is 2.00 bits per heavy atom. The van der Waals surface area contributed by atoms with Crippen LogP contribution >= 0.6 is 24.0 Å². The number of guanidine groups is 1. The number of likely N-dealkylation sites (tertiary alicyclic amines) is 1. The van der Waals surface area contributed by atoms with Gasteiger partial charge < -0.3 is 10.6 Å². The third-order valence-electron chi connectivity index (χ3n) is 4.84. The average Bonchev–Trinajstić information content (AvgIpc) is 2.94. The van der Waals surface area contributed by atoms with Crippen molar-refractivity contribution in [1.29, 1.82) is 0 Å². The minimum Gasteiger partial charge on any atom is -0.370 e. The van der Waals surface area contributed by atoms with Crippen LogP contribution in [-0.4, -0.2) is 30.0 Å². The molecular formula is C14H26IN3. The van der Waals surface area contributed by atoms with E-state index in [9.17, 15) is 0 Å². The van der Waals surface area contributed by atoms with Crippen molar-refractivity contribution >= 4 is 29.9 Å². The molecule has 0 spiro atoms. The molecule has 3 atom stereocenters. The lowest BCUT2D eigenvalue weighted by Crippen LogP contribution is -2.43. The fourth-order valence-electron chi connectivity index (χ4n) is 3.37. The normalized spacial score (nSPS) is 36.8. The van der Waals surface area contributed by atoms with Crippen molar-refractivity contribution in [3.05, 3.63) is 0 Å². The van der Waals surface area contributed by atoms with Crippen LogP contribution in [0.3, 0.4) is 0 Å². The van der Waals surface area contributed by atoms with E-state index in [0.717, 1.165) is 36.8 Å². The molecule has 2 saturated carbocycles. The summed E-state index contributed by atoms with van der Waals surface area (Å²) in [6.45, 7) is 4.53. The number of piperidine rings is 1. The first-order valence-corrected chi connectivity index (χ1v) is 7.32. The smallest absolute Gasteiger partial charge is 0.191 e. The quantitative estimate of drug-likeness (QED) is 0.466. The summed E-state index contributed by atoms with van der Waals surface area (Å²) < 4.78 is 0. The molecule has 1 heterocycles. The van der Waals surface area contributed by atoms with Crippen molar-refractivity contribution in [3.63, 3.8) is 0 Å². The molecule has 3 fully saturated rings. The lowest BCUT2D eigenvalue weighted by atomic mass is 9.81. The maximum absolute atomic E-state index is 6.15. The van der Waals surface area contributed by atoms with Gasteiger partial charge in [0.05, 0.1) is 6.04 Å². The predicted octanol–water partition coefficient (Wildman–Crippen LogP) is 2.84. The van der Waals surface area contributed by atoms with Crippen molar-refractivity contribution in [3.8, 4) is 0 Å². The maximum atomic E-state index is 6.15. The lowest BCUT2D eigenvalue weighted by molar-refractivity contribution is 0.265. The van der Waals surface area contributed by atoms with Gasteiger partial charge in [-0.25, -0.2) is 4.99 Å². The van der Waals surface area contributed by atoms with Crippen LogP contribution in [0.2, 0.25) is 0 Å². The minimum absolute atomic E-state index is 0. The van der Waals surface area contributed by atoms with Gasteiger partial charge in [-0.1, -0.05) is 26.2 Å². The zero-order chi connectivity index (χ0) is 11.8. The highest BCUT2D eigenvalue weighted by molar-refractivity contribution is 14.0. The molecule has 1 unspecified atom stereocenters. The molecule has 2 N–H and O–H groups in total. The molecule has 3 nitrogen and oxygen atoms in total. The zero-order valence-corrected chi connectivity index (χ0v) is 13.7. The van der Waals surface area contributed by atoms with Gasteiger partial charge in [0, 0.05) is 13.1 Å². The van der Waals surface area contributed by atoms with Crippen molar-refractivity contribution in [2.24, 2.45) is 28.5 Å². The topological polar surface area (TPSA) is 41.6 Å². The molecule has 0 aromatic carbocycles. The summed E-state index contributed by atoms with van der Waals surface area (Å²) in [5.41, 5.74) is 6.15. The Kier molecular flexibility index (Phi) is 4.78. The van der Waals surface area contributed by atoms with Crippen LogP contribution in [0.5, 0.6) is 0 Å². The van der Waals surface area contributed by atoms with Gasteiger partial charge in [-0.05, 0) is 37.0 Å². The second-order valence-corrected chi connectivity index (χ2v) is 6.34. The van der Waals surface area contributed by atoms with E-state index < -0.39 is 0 Å². The summed E-state index contributed by atoms with van der Waals surface area (Å²) in [4.78, 5) is 7.05. The van der Waals surface area contributed by atoms with E-state index in [0.29, 0.717) is 6.04 Å². The molecule has 2 aliphatic carbocycles. The summed E-state index contributed by atoms with van der Waals surface area (Å²) in [7, 11) is 0. The number of halogens is 1. The highest BCUT2D eigenvalue weighted by atomic mass is 127. The van der Waals surface area contributed by atoms with E-state index in [1.807, 2.05) is 0 Å². The van der Waals surface area contributed by atoms with Gasteiger partial charge in [-0.2, -0.15) is 0 Å². The molecule has 0 amide bonds. The van der Waals surface area contributed by atoms with Crippen molar-refractivity contribution < 1.29 is 0 Å². The minimum atomic E-state index is 0. The number of hydrogen-bond donors (Lipinski definition) is 1. The summed E-state index contributed by atoms with van der Waals surface area (Å²) in [5, 5.41) is 0. The standard InChI is InChI=1S/C14H25N3.HI/c1-10-4-3-7-17(9-10)14(15)16-13-8-12(13)11-5-2-6-11;/h10-13H,2-9H2,1H3,(H2,15,16);1H/t10?,12-,13+;/m0./s1. The summed E-state index contributed by atoms with van der Waals surface area (Å²) >= 11 is 0. The highest BCUT2D eigenvalue weighted by Crippen LogP contribution is 2.48. The molecule has 0 aromatic heterocycles. The van der Waals surface area contributed by atoms with Crippen molar-refractivity contribution in [2.75, 3.05) is 13.1 Å². The zero-order valence-electron chi connectivity index (χ0n) is 11.3. The average molecular weight is 363 g/mol. The predicted molar refractivity (Wildman–Crippen MR) is 86.2 cm³/mol. The van der Waals surface area contributed by atoms with Crippen LogP contribution < -0.4 is 5.73 Å². The summed E-state index contributed by atoms with van der Waals surface area (Å²) in [5.74, 6) is 3.46. The van der Waals surface area contributed by atoms with E-state index in [1.54, 1.807) is 0 Å². The van der Waals surface area contributed by atoms with Crippen molar-refractivity contribution in [1.82, 2.24) is 4.90 Å². The molecule has 0 radical (unpaired) electrons. The van der Waals surface area contributed by atoms with Gasteiger partial charge in [0.2, 0.25) is 0 Å². The molecule has 4 heteroatoms. The van der Waals surface area contributed by atoms with Gasteiger partial charge in [0.1, 0.15) is 0 Å². The Morgan fingerprint density at radius 1 is 1.22 bits per heavy atom. The molecule has 1 aliphatic heterocycles. The Hall–Kier alpha value is 0. The Labute approximate surface area is 128 Å². The fraction of sp³-hybridized carbons (Fsp3) is 0.929. The first-order valence-electron chi connectivity index (χ1n) is 7.32. The summed E-state index contributed by atoms with van der Waals surface area (Å²) in [6, 6.07) is 0.567. The number of nitrogens with two attached hydrogens (primary N) is 1. The van der Waals surface area contributed by atoms with E-state index in [2.05, 4.69) is 11.8 Å². The first kappa shape index (κ1) is 14.4. The molecule has 0 aromatic rings. The lowest BCUT2D eigenvalue weighted by Gasteiger charge is -2.31. The Bertz CT molecular complexity index is 314. The molecule has 104 valence electrons. The molecule has 3 rings (SSSR count). The van der Waals surface area contributed by atoms with Gasteiger partial charge in [-0.15, -0.1) is 24.0 Å². The number of nitrogens with zero attached hydrogens (tertiary/aromatic N) is 2. The van der Waals surface area contributed by atoms with E-state index >= 15 is 0 Å². The summed E-state index contributed by atoms with van der Waals surface area (Å²) in [6.07, 6.45) is 8.24. The van der Waals surface area contributed by atoms with Crippen LogP contribution in [0.25, 0.3) is 0 Å². The first-order chi connectivity index (χ1) is 8.24. The molecule has 0 bridgehead atoms.